The van der Waals surface area contributed by atoms with Crippen LogP contribution in [0.5, 0.6) is 11.5 Å². The van der Waals surface area contributed by atoms with E-state index in [0.717, 1.165) is 44.1 Å². The third-order valence-corrected chi connectivity index (χ3v) is 4.08. The van der Waals surface area contributed by atoms with E-state index in [4.69, 9.17) is 14.2 Å². The molecule has 4 nitrogen and oxygen atoms in total. The van der Waals surface area contributed by atoms with Crippen molar-refractivity contribution in [2.45, 2.75) is 32.7 Å². The maximum absolute atomic E-state index is 5.41. The molecular formula is C16H23NO3. The SMILES string of the molecule is CC(CCc1ccc2c(c1)OCO2)NCC1(C)COC1. The van der Waals surface area contributed by atoms with Gasteiger partial charge in [0.25, 0.3) is 0 Å². The number of benzene rings is 1. The lowest BCUT2D eigenvalue weighted by atomic mass is 9.88. The fourth-order valence-corrected chi connectivity index (χ4v) is 2.55. The highest BCUT2D eigenvalue weighted by Gasteiger charge is 2.33. The minimum atomic E-state index is 0.340. The van der Waals surface area contributed by atoms with Crippen molar-refractivity contribution in [3.63, 3.8) is 0 Å². The van der Waals surface area contributed by atoms with Crippen LogP contribution in [0.4, 0.5) is 0 Å². The van der Waals surface area contributed by atoms with Gasteiger partial charge in [0.1, 0.15) is 0 Å². The molecule has 0 radical (unpaired) electrons. The highest BCUT2D eigenvalue weighted by Crippen LogP contribution is 2.32. The molecule has 0 amide bonds. The van der Waals surface area contributed by atoms with E-state index in [0.29, 0.717) is 18.2 Å². The second kappa shape index (κ2) is 5.62. The fraction of sp³-hybridized carbons (Fsp3) is 0.625. The van der Waals surface area contributed by atoms with Crippen molar-refractivity contribution < 1.29 is 14.2 Å². The van der Waals surface area contributed by atoms with Crippen LogP contribution in [0.3, 0.4) is 0 Å². The van der Waals surface area contributed by atoms with E-state index in [1.807, 2.05) is 6.07 Å². The van der Waals surface area contributed by atoms with E-state index in [-0.39, 0.29) is 0 Å². The predicted octanol–water partition coefficient (Wildman–Crippen LogP) is 2.36. The summed E-state index contributed by atoms with van der Waals surface area (Å²) in [6.45, 7) is 7.67. The molecule has 1 saturated heterocycles. The third kappa shape index (κ3) is 3.07. The first-order valence-corrected chi connectivity index (χ1v) is 7.34. The zero-order valence-electron chi connectivity index (χ0n) is 12.3. The number of rotatable bonds is 6. The maximum atomic E-state index is 5.41. The summed E-state index contributed by atoms with van der Waals surface area (Å²) in [5, 5.41) is 3.61. The average molecular weight is 277 g/mol. The minimum absolute atomic E-state index is 0.340. The van der Waals surface area contributed by atoms with Crippen LogP contribution < -0.4 is 14.8 Å². The van der Waals surface area contributed by atoms with E-state index >= 15 is 0 Å². The van der Waals surface area contributed by atoms with Gasteiger partial charge in [0, 0.05) is 18.0 Å². The standard InChI is InChI=1S/C16H23NO3/c1-12(17-8-16(2)9-18-10-16)3-4-13-5-6-14-15(7-13)20-11-19-14/h5-7,12,17H,3-4,8-11H2,1-2H3. The second-order valence-corrected chi connectivity index (χ2v) is 6.31. The van der Waals surface area contributed by atoms with Crippen molar-refractivity contribution in [1.29, 1.82) is 0 Å². The average Bonchev–Trinajstić information content (AvgIpc) is 2.88. The van der Waals surface area contributed by atoms with Gasteiger partial charge in [0.2, 0.25) is 6.79 Å². The molecule has 1 N–H and O–H groups in total. The highest BCUT2D eigenvalue weighted by atomic mass is 16.7. The molecule has 1 unspecified atom stereocenters. The van der Waals surface area contributed by atoms with Gasteiger partial charge in [-0.05, 0) is 37.5 Å². The summed E-state index contributed by atoms with van der Waals surface area (Å²) in [5.74, 6) is 1.74. The van der Waals surface area contributed by atoms with Crippen LogP contribution in [0.25, 0.3) is 0 Å². The zero-order valence-corrected chi connectivity index (χ0v) is 12.3. The molecule has 2 aliphatic heterocycles. The molecule has 3 rings (SSSR count). The molecule has 20 heavy (non-hydrogen) atoms. The number of nitrogens with one attached hydrogen (secondary N) is 1. The lowest BCUT2D eigenvalue weighted by Crippen LogP contribution is -2.49. The molecule has 2 aliphatic rings. The molecule has 0 spiro atoms. The Kier molecular flexibility index (Phi) is 3.85. The first-order valence-electron chi connectivity index (χ1n) is 7.34. The maximum Gasteiger partial charge on any atom is 0.231 e. The quantitative estimate of drug-likeness (QED) is 0.866. The van der Waals surface area contributed by atoms with Crippen LogP contribution in [0.15, 0.2) is 18.2 Å². The Morgan fingerprint density at radius 3 is 2.80 bits per heavy atom. The monoisotopic (exact) mass is 277 g/mol. The van der Waals surface area contributed by atoms with Crippen LogP contribution in [0.1, 0.15) is 25.8 Å². The molecule has 0 saturated carbocycles. The normalized spacial score (nSPS) is 20.5. The molecule has 1 atom stereocenters. The molecule has 4 heteroatoms. The van der Waals surface area contributed by atoms with Gasteiger partial charge in [-0.15, -0.1) is 0 Å². The van der Waals surface area contributed by atoms with Crippen molar-refractivity contribution in [3.8, 4) is 11.5 Å². The second-order valence-electron chi connectivity index (χ2n) is 6.31. The van der Waals surface area contributed by atoms with Crippen molar-refractivity contribution >= 4 is 0 Å². The Labute approximate surface area is 120 Å². The van der Waals surface area contributed by atoms with E-state index < -0.39 is 0 Å². The summed E-state index contributed by atoms with van der Waals surface area (Å²) in [5.41, 5.74) is 1.65. The Hall–Kier alpha value is -1.26. The molecule has 0 aliphatic carbocycles. The largest absolute Gasteiger partial charge is 0.454 e. The number of hydrogen-bond donors (Lipinski definition) is 1. The van der Waals surface area contributed by atoms with Gasteiger partial charge >= 0.3 is 0 Å². The van der Waals surface area contributed by atoms with Crippen LogP contribution >= 0.6 is 0 Å². The Morgan fingerprint density at radius 2 is 2.05 bits per heavy atom. The molecule has 0 bridgehead atoms. The molecule has 110 valence electrons. The lowest BCUT2D eigenvalue weighted by Gasteiger charge is -2.39. The van der Waals surface area contributed by atoms with Gasteiger partial charge < -0.3 is 19.5 Å². The molecule has 2 heterocycles. The number of ether oxygens (including phenoxy) is 3. The van der Waals surface area contributed by atoms with Gasteiger partial charge in [-0.3, -0.25) is 0 Å². The van der Waals surface area contributed by atoms with E-state index in [1.54, 1.807) is 0 Å². The van der Waals surface area contributed by atoms with Crippen LogP contribution in [0, 0.1) is 5.41 Å². The minimum Gasteiger partial charge on any atom is -0.454 e. The van der Waals surface area contributed by atoms with Crippen molar-refractivity contribution in [2.75, 3.05) is 26.6 Å². The Balaban J connectivity index is 1.44. The molecule has 0 aromatic heterocycles. The smallest absolute Gasteiger partial charge is 0.231 e. The van der Waals surface area contributed by atoms with Gasteiger partial charge in [0.15, 0.2) is 11.5 Å². The van der Waals surface area contributed by atoms with Crippen molar-refractivity contribution in [3.05, 3.63) is 23.8 Å². The summed E-state index contributed by atoms with van der Waals surface area (Å²) in [7, 11) is 0. The van der Waals surface area contributed by atoms with E-state index in [2.05, 4.69) is 31.3 Å². The van der Waals surface area contributed by atoms with Gasteiger partial charge in [-0.25, -0.2) is 0 Å². The summed E-state index contributed by atoms with van der Waals surface area (Å²) in [6, 6.07) is 6.73. The predicted molar refractivity (Wildman–Crippen MR) is 77.3 cm³/mol. The highest BCUT2D eigenvalue weighted by molar-refractivity contribution is 5.44. The van der Waals surface area contributed by atoms with E-state index in [1.165, 1.54) is 5.56 Å². The third-order valence-electron chi connectivity index (χ3n) is 4.08. The lowest BCUT2D eigenvalue weighted by molar-refractivity contribution is -0.0999. The fourth-order valence-electron chi connectivity index (χ4n) is 2.55. The van der Waals surface area contributed by atoms with Gasteiger partial charge in [-0.2, -0.15) is 0 Å². The molecular weight excluding hydrogens is 254 g/mol. The van der Waals surface area contributed by atoms with Gasteiger partial charge in [-0.1, -0.05) is 13.0 Å². The topological polar surface area (TPSA) is 39.7 Å². The molecule has 1 aromatic carbocycles. The summed E-state index contributed by atoms with van der Waals surface area (Å²) in [4.78, 5) is 0. The van der Waals surface area contributed by atoms with Crippen LogP contribution in [0.2, 0.25) is 0 Å². The van der Waals surface area contributed by atoms with Gasteiger partial charge in [0.05, 0.1) is 13.2 Å². The zero-order chi connectivity index (χ0) is 14.0. The van der Waals surface area contributed by atoms with Crippen LogP contribution in [-0.4, -0.2) is 32.6 Å². The summed E-state index contributed by atoms with van der Waals surface area (Å²) in [6.07, 6.45) is 2.18. The molecule has 1 fully saturated rings. The summed E-state index contributed by atoms with van der Waals surface area (Å²) < 4.78 is 16.0. The van der Waals surface area contributed by atoms with Crippen molar-refractivity contribution in [1.82, 2.24) is 5.32 Å². The first-order chi connectivity index (χ1) is 9.65. The first kappa shape index (κ1) is 13.7. The molecule has 1 aromatic rings. The number of fused-ring (bicyclic) bond motifs is 1. The van der Waals surface area contributed by atoms with Crippen molar-refractivity contribution in [2.24, 2.45) is 5.41 Å². The Bertz CT molecular complexity index is 471. The van der Waals surface area contributed by atoms with Crippen LogP contribution in [-0.2, 0) is 11.2 Å². The van der Waals surface area contributed by atoms with E-state index in [9.17, 15) is 0 Å². The Morgan fingerprint density at radius 1 is 1.25 bits per heavy atom. The number of hydrogen-bond acceptors (Lipinski definition) is 4. The number of aryl methyl sites for hydroxylation is 1. The summed E-state index contributed by atoms with van der Waals surface area (Å²) >= 11 is 0.